The summed E-state index contributed by atoms with van der Waals surface area (Å²) in [5.41, 5.74) is 7.77. The van der Waals surface area contributed by atoms with Crippen LogP contribution in [0.15, 0.2) is 30.3 Å². The van der Waals surface area contributed by atoms with Crippen LogP contribution in [0.3, 0.4) is 0 Å². The molecule has 2 aliphatic rings. The molecule has 3 unspecified atom stereocenters. The number of nitrogens with two attached hydrogens (primary N) is 1. The monoisotopic (exact) mass is 259 g/mol. The zero-order chi connectivity index (χ0) is 13.2. The summed E-state index contributed by atoms with van der Waals surface area (Å²) in [5, 5.41) is 0. The molecular weight excluding hydrogens is 234 g/mol. The van der Waals surface area contributed by atoms with E-state index in [0.717, 1.165) is 19.6 Å². The Morgan fingerprint density at radius 2 is 1.89 bits per heavy atom. The average molecular weight is 259 g/mol. The van der Waals surface area contributed by atoms with Gasteiger partial charge < -0.3 is 10.6 Å². The first-order valence-corrected chi connectivity index (χ1v) is 7.50. The van der Waals surface area contributed by atoms with E-state index in [4.69, 9.17) is 5.73 Å². The Labute approximate surface area is 116 Å². The van der Waals surface area contributed by atoms with E-state index in [1.807, 2.05) is 0 Å². The highest BCUT2D eigenvalue weighted by atomic mass is 15.3. The smallest absolute Gasteiger partial charge is 0.0479 e. The minimum absolute atomic E-state index is 0.370. The Hall–Kier alpha value is -0.900. The van der Waals surface area contributed by atoms with E-state index in [0.29, 0.717) is 18.1 Å². The summed E-state index contributed by atoms with van der Waals surface area (Å²) < 4.78 is 0. The molecule has 1 aromatic carbocycles. The fourth-order valence-electron chi connectivity index (χ4n) is 3.68. The maximum Gasteiger partial charge on any atom is 0.0479 e. The van der Waals surface area contributed by atoms with Gasteiger partial charge in [-0.15, -0.1) is 0 Å². The average Bonchev–Trinajstić information content (AvgIpc) is 2.86. The van der Waals surface area contributed by atoms with Gasteiger partial charge >= 0.3 is 0 Å². The number of benzene rings is 1. The van der Waals surface area contributed by atoms with Crippen LogP contribution in [0, 0.1) is 0 Å². The fraction of sp³-hybridized carbons (Fsp3) is 0.625. The first kappa shape index (κ1) is 13.1. The highest BCUT2D eigenvalue weighted by molar-refractivity contribution is 5.20. The van der Waals surface area contributed by atoms with Crippen molar-refractivity contribution in [3.05, 3.63) is 35.9 Å². The van der Waals surface area contributed by atoms with E-state index < -0.39 is 0 Å². The molecule has 19 heavy (non-hydrogen) atoms. The van der Waals surface area contributed by atoms with Crippen LogP contribution in [0.1, 0.15) is 30.9 Å². The van der Waals surface area contributed by atoms with Crippen LogP contribution >= 0.6 is 0 Å². The van der Waals surface area contributed by atoms with E-state index in [1.54, 1.807) is 0 Å². The van der Waals surface area contributed by atoms with Crippen LogP contribution in [-0.4, -0.2) is 48.6 Å². The van der Waals surface area contributed by atoms with E-state index in [1.165, 1.54) is 24.8 Å². The maximum absolute atomic E-state index is 6.33. The molecule has 3 nitrogen and oxygen atoms in total. The predicted octanol–water partition coefficient (Wildman–Crippen LogP) is 1.85. The zero-order valence-electron chi connectivity index (χ0n) is 11.8. The highest BCUT2D eigenvalue weighted by Gasteiger charge is 2.36. The number of rotatable bonds is 2. The lowest BCUT2D eigenvalue weighted by atomic mass is 9.98. The van der Waals surface area contributed by atoms with Gasteiger partial charge in [-0.2, -0.15) is 0 Å². The second-order valence-corrected chi connectivity index (χ2v) is 6.09. The van der Waals surface area contributed by atoms with Gasteiger partial charge in [0, 0.05) is 37.8 Å². The van der Waals surface area contributed by atoms with Gasteiger partial charge in [-0.25, -0.2) is 0 Å². The molecule has 0 aromatic heterocycles. The van der Waals surface area contributed by atoms with Gasteiger partial charge in [0.15, 0.2) is 0 Å². The van der Waals surface area contributed by atoms with Crippen molar-refractivity contribution in [1.82, 2.24) is 9.80 Å². The predicted molar refractivity (Wildman–Crippen MR) is 79.0 cm³/mol. The van der Waals surface area contributed by atoms with Crippen LogP contribution in [0.5, 0.6) is 0 Å². The molecule has 104 valence electrons. The van der Waals surface area contributed by atoms with Crippen molar-refractivity contribution in [3.63, 3.8) is 0 Å². The Kier molecular flexibility index (Phi) is 3.87. The third-order valence-corrected chi connectivity index (χ3v) is 4.77. The zero-order valence-corrected chi connectivity index (χ0v) is 11.8. The van der Waals surface area contributed by atoms with Crippen molar-refractivity contribution in [1.29, 1.82) is 0 Å². The summed E-state index contributed by atoms with van der Waals surface area (Å²) in [6.45, 7) is 3.42. The van der Waals surface area contributed by atoms with Gasteiger partial charge in [0.1, 0.15) is 0 Å². The minimum Gasteiger partial charge on any atom is -0.326 e. The highest BCUT2D eigenvalue weighted by Crippen LogP contribution is 2.32. The molecule has 1 aromatic rings. The normalized spacial score (nSPS) is 33.7. The largest absolute Gasteiger partial charge is 0.326 e. The summed E-state index contributed by atoms with van der Waals surface area (Å²) in [6, 6.07) is 12.4. The molecule has 2 N–H and O–H groups in total. The summed E-state index contributed by atoms with van der Waals surface area (Å²) >= 11 is 0. The van der Waals surface area contributed by atoms with E-state index in [2.05, 4.69) is 47.2 Å². The lowest BCUT2D eigenvalue weighted by Gasteiger charge is -2.44. The number of hydrogen-bond acceptors (Lipinski definition) is 3. The van der Waals surface area contributed by atoms with Gasteiger partial charge in [-0.05, 0) is 25.5 Å². The van der Waals surface area contributed by atoms with Crippen molar-refractivity contribution in [2.24, 2.45) is 5.73 Å². The molecular formula is C16H25N3. The summed E-state index contributed by atoms with van der Waals surface area (Å²) in [4.78, 5) is 5.11. The number of likely N-dealkylation sites (N-methyl/N-ethyl adjacent to an activating group) is 1. The molecule has 0 bridgehead atoms. The molecule has 3 atom stereocenters. The van der Waals surface area contributed by atoms with Gasteiger partial charge in [-0.3, -0.25) is 4.90 Å². The maximum atomic E-state index is 6.33. The van der Waals surface area contributed by atoms with Gasteiger partial charge in [0.05, 0.1) is 0 Å². The first-order valence-electron chi connectivity index (χ1n) is 7.50. The van der Waals surface area contributed by atoms with E-state index in [-0.39, 0.29) is 0 Å². The first-order chi connectivity index (χ1) is 9.25. The number of piperazine rings is 1. The second-order valence-electron chi connectivity index (χ2n) is 6.09. The summed E-state index contributed by atoms with van der Waals surface area (Å²) in [7, 11) is 2.22. The molecule has 1 saturated heterocycles. The van der Waals surface area contributed by atoms with Crippen molar-refractivity contribution < 1.29 is 0 Å². The lowest BCUT2D eigenvalue weighted by Crippen LogP contribution is -2.54. The quantitative estimate of drug-likeness (QED) is 0.880. The Bertz CT molecular complexity index is 406. The number of hydrogen-bond donors (Lipinski definition) is 1. The van der Waals surface area contributed by atoms with Crippen LogP contribution in [-0.2, 0) is 0 Å². The van der Waals surface area contributed by atoms with Gasteiger partial charge in [0.2, 0.25) is 0 Å². The topological polar surface area (TPSA) is 32.5 Å². The Balaban J connectivity index is 1.84. The lowest BCUT2D eigenvalue weighted by molar-refractivity contribution is 0.0478. The van der Waals surface area contributed by atoms with Crippen LogP contribution < -0.4 is 5.73 Å². The van der Waals surface area contributed by atoms with Crippen molar-refractivity contribution >= 4 is 0 Å². The molecule has 1 saturated carbocycles. The molecule has 0 radical (unpaired) electrons. The SMILES string of the molecule is CN1CCN(C2CCCC2N)C(c2ccccc2)C1. The molecule has 3 heteroatoms. The molecule has 1 aliphatic carbocycles. The molecule has 1 heterocycles. The van der Waals surface area contributed by atoms with Crippen molar-refractivity contribution in [2.75, 3.05) is 26.7 Å². The number of nitrogens with zero attached hydrogens (tertiary/aromatic N) is 2. The Morgan fingerprint density at radius 3 is 2.58 bits per heavy atom. The summed E-state index contributed by atoms with van der Waals surface area (Å²) in [5.74, 6) is 0. The van der Waals surface area contributed by atoms with Gasteiger partial charge in [0.25, 0.3) is 0 Å². The standard InChI is InChI=1S/C16H25N3/c1-18-10-11-19(15-9-5-8-14(15)17)16(12-18)13-6-3-2-4-7-13/h2-4,6-7,14-16H,5,8-12,17H2,1H3. The minimum atomic E-state index is 0.370. The molecule has 0 spiro atoms. The second kappa shape index (κ2) is 5.61. The fourth-order valence-corrected chi connectivity index (χ4v) is 3.68. The van der Waals surface area contributed by atoms with Crippen LogP contribution in [0.2, 0.25) is 0 Å². The van der Waals surface area contributed by atoms with Crippen molar-refractivity contribution in [2.45, 2.75) is 37.4 Å². The molecule has 2 fully saturated rings. The third kappa shape index (κ3) is 2.69. The Morgan fingerprint density at radius 1 is 1.11 bits per heavy atom. The van der Waals surface area contributed by atoms with Crippen LogP contribution in [0.25, 0.3) is 0 Å². The van der Waals surface area contributed by atoms with E-state index >= 15 is 0 Å². The van der Waals surface area contributed by atoms with Gasteiger partial charge in [-0.1, -0.05) is 36.8 Å². The van der Waals surface area contributed by atoms with Crippen LogP contribution in [0.4, 0.5) is 0 Å². The molecule has 0 amide bonds. The third-order valence-electron chi connectivity index (χ3n) is 4.77. The molecule has 3 rings (SSSR count). The molecule has 1 aliphatic heterocycles. The van der Waals surface area contributed by atoms with E-state index in [9.17, 15) is 0 Å². The summed E-state index contributed by atoms with van der Waals surface area (Å²) in [6.07, 6.45) is 3.76. The van der Waals surface area contributed by atoms with Crippen molar-refractivity contribution in [3.8, 4) is 0 Å².